The smallest absolute Gasteiger partial charge is 0.234 e. The third-order valence-electron chi connectivity index (χ3n) is 4.06. The fourth-order valence-corrected chi connectivity index (χ4v) is 4.13. The fraction of sp³-hybridized carbons (Fsp3) is 0.143. The summed E-state index contributed by atoms with van der Waals surface area (Å²) in [6.07, 6.45) is 4.00. The number of carbonyl (C=O) groups excluding carboxylic acids is 1. The Hall–Kier alpha value is -2.77. The van der Waals surface area contributed by atoms with Crippen molar-refractivity contribution >= 4 is 39.7 Å². The van der Waals surface area contributed by atoms with Crippen LogP contribution in [0.2, 0.25) is 0 Å². The number of thiazole rings is 1. The number of anilines is 1. The minimum atomic E-state index is -0.0332. The predicted octanol–water partition coefficient (Wildman–Crippen LogP) is 5.19. The topological polar surface area (TPSA) is 55.6 Å². The van der Waals surface area contributed by atoms with Gasteiger partial charge < -0.3 is 10.1 Å². The van der Waals surface area contributed by atoms with Crippen LogP contribution in [0.25, 0.3) is 16.2 Å². The van der Waals surface area contributed by atoms with Crippen LogP contribution in [0.1, 0.15) is 6.92 Å². The van der Waals surface area contributed by atoms with Crippen LogP contribution in [0.15, 0.2) is 71.2 Å². The molecule has 4 aromatic rings. The first-order chi connectivity index (χ1) is 13.7. The monoisotopic (exact) mass is 409 g/mol. The van der Waals surface area contributed by atoms with Gasteiger partial charge in [-0.2, -0.15) is 0 Å². The lowest BCUT2D eigenvalue weighted by Gasteiger charge is -2.07. The van der Waals surface area contributed by atoms with Crippen LogP contribution in [0, 0.1) is 0 Å². The summed E-state index contributed by atoms with van der Waals surface area (Å²) in [5.41, 5.74) is 2.73. The quantitative estimate of drug-likeness (QED) is 0.427. The van der Waals surface area contributed by atoms with Gasteiger partial charge in [-0.3, -0.25) is 9.20 Å². The van der Waals surface area contributed by atoms with Crippen LogP contribution in [0.5, 0.6) is 5.75 Å². The molecular weight excluding hydrogens is 390 g/mol. The van der Waals surface area contributed by atoms with Gasteiger partial charge in [-0.25, -0.2) is 4.98 Å². The van der Waals surface area contributed by atoms with Crippen LogP contribution in [-0.4, -0.2) is 27.7 Å². The normalized spacial score (nSPS) is 10.9. The third-order valence-corrected chi connectivity index (χ3v) is 5.85. The second-order valence-corrected chi connectivity index (χ2v) is 7.96. The molecule has 0 radical (unpaired) electrons. The zero-order valence-electron chi connectivity index (χ0n) is 15.3. The van der Waals surface area contributed by atoms with E-state index >= 15 is 0 Å². The Bertz CT molecular complexity index is 1040. The van der Waals surface area contributed by atoms with E-state index in [0.717, 1.165) is 32.6 Å². The number of amides is 1. The van der Waals surface area contributed by atoms with Crippen LogP contribution in [-0.2, 0) is 4.79 Å². The van der Waals surface area contributed by atoms with E-state index in [4.69, 9.17) is 4.74 Å². The van der Waals surface area contributed by atoms with Crippen LogP contribution in [0.4, 0.5) is 5.69 Å². The fourth-order valence-electron chi connectivity index (χ4n) is 2.74. The number of rotatable bonds is 7. The molecule has 0 spiro atoms. The van der Waals surface area contributed by atoms with Crippen molar-refractivity contribution in [1.29, 1.82) is 0 Å². The Morgan fingerprint density at radius 2 is 1.96 bits per heavy atom. The second-order valence-electron chi connectivity index (χ2n) is 6.04. The lowest BCUT2D eigenvalue weighted by atomic mass is 10.1. The number of hydrogen-bond acceptors (Lipinski definition) is 5. The first-order valence-corrected chi connectivity index (χ1v) is 10.8. The molecule has 0 aliphatic carbocycles. The Morgan fingerprint density at radius 1 is 1.18 bits per heavy atom. The molecule has 0 fully saturated rings. The van der Waals surface area contributed by atoms with Crippen molar-refractivity contribution in [3.63, 3.8) is 0 Å². The van der Waals surface area contributed by atoms with Gasteiger partial charge in [0.2, 0.25) is 5.91 Å². The first kappa shape index (κ1) is 18.6. The second kappa shape index (κ2) is 8.50. The predicted molar refractivity (Wildman–Crippen MR) is 115 cm³/mol. The van der Waals surface area contributed by atoms with Crippen molar-refractivity contribution in [2.45, 2.75) is 11.8 Å². The van der Waals surface area contributed by atoms with Gasteiger partial charge in [0.15, 0.2) is 4.96 Å². The number of imidazole rings is 1. The summed E-state index contributed by atoms with van der Waals surface area (Å²) < 4.78 is 7.43. The van der Waals surface area contributed by atoms with Gasteiger partial charge in [0.05, 0.1) is 18.1 Å². The van der Waals surface area contributed by atoms with Gasteiger partial charge in [-0.15, -0.1) is 23.1 Å². The molecule has 0 bridgehead atoms. The standard InChI is InChI=1S/C21H19N3O2S2/c1-2-26-17-7-9-18(10-8-17)28-14-20(25)22-16-5-3-15(4-6-16)19-13-24-11-12-27-21(24)23-19/h3-13H,2,14H2,1H3,(H,22,25). The summed E-state index contributed by atoms with van der Waals surface area (Å²) in [6, 6.07) is 15.5. The summed E-state index contributed by atoms with van der Waals surface area (Å²) in [5, 5.41) is 4.95. The zero-order chi connectivity index (χ0) is 19.3. The highest BCUT2D eigenvalue weighted by molar-refractivity contribution is 8.00. The lowest BCUT2D eigenvalue weighted by molar-refractivity contribution is -0.113. The summed E-state index contributed by atoms with van der Waals surface area (Å²) >= 11 is 3.11. The van der Waals surface area contributed by atoms with Crippen LogP contribution in [0.3, 0.4) is 0 Å². The Morgan fingerprint density at radius 3 is 2.68 bits per heavy atom. The first-order valence-electron chi connectivity index (χ1n) is 8.89. The van der Waals surface area contributed by atoms with Crippen molar-refractivity contribution in [3.8, 4) is 17.0 Å². The molecule has 142 valence electrons. The average molecular weight is 410 g/mol. The van der Waals surface area contributed by atoms with E-state index in [0.29, 0.717) is 12.4 Å². The number of fused-ring (bicyclic) bond motifs is 1. The summed E-state index contributed by atoms with van der Waals surface area (Å²) in [4.78, 5) is 18.8. The molecule has 0 aliphatic heterocycles. The van der Waals surface area contributed by atoms with E-state index in [9.17, 15) is 4.79 Å². The molecule has 4 rings (SSSR count). The molecule has 2 heterocycles. The molecule has 0 atom stereocenters. The Kier molecular flexibility index (Phi) is 5.64. The third kappa shape index (κ3) is 4.37. The number of nitrogens with one attached hydrogen (secondary N) is 1. The molecule has 0 saturated carbocycles. The number of ether oxygens (including phenoxy) is 1. The number of hydrogen-bond donors (Lipinski definition) is 1. The van der Waals surface area contributed by atoms with Crippen molar-refractivity contribution in [2.24, 2.45) is 0 Å². The van der Waals surface area contributed by atoms with E-state index in [2.05, 4.69) is 10.3 Å². The number of thioether (sulfide) groups is 1. The summed E-state index contributed by atoms with van der Waals surface area (Å²) in [7, 11) is 0. The SMILES string of the molecule is CCOc1ccc(SCC(=O)Nc2ccc(-c3cn4ccsc4n3)cc2)cc1. The Labute approximate surface area is 171 Å². The minimum Gasteiger partial charge on any atom is -0.494 e. The van der Waals surface area contributed by atoms with Crippen molar-refractivity contribution < 1.29 is 9.53 Å². The lowest BCUT2D eigenvalue weighted by Crippen LogP contribution is -2.13. The van der Waals surface area contributed by atoms with E-state index in [1.165, 1.54) is 11.8 Å². The van der Waals surface area contributed by atoms with Crippen molar-refractivity contribution in [2.75, 3.05) is 17.7 Å². The molecule has 28 heavy (non-hydrogen) atoms. The van der Waals surface area contributed by atoms with E-state index in [1.807, 2.05) is 77.6 Å². The van der Waals surface area contributed by atoms with Gasteiger partial charge in [0, 0.05) is 33.9 Å². The zero-order valence-corrected chi connectivity index (χ0v) is 16.9. The van der Waals surface area contributed by atoms with E-state index in [1.54, 1.807) is 11.3 Å². The Balaban J connectivity index is 1.32. The molecule has 5 nitrogen and oxygen atoms in total. The number of nitrogens with zero attached hydrogens (tertiary/aromatic N) is 2. The van der Waals surface area contributed by atoms with Crippen molar-refractivity contribution in [1.82, 2.24) is 9.38 Å². The molecule has 0 aliphatic rings. The van der Waals surface area contributed by atoms with E-state index in [-0.39, 0.29) is 5.91 Å². The number of carbonyl (C=O) groups is 1. The molecule has 2 aromatic heterocycles. The number of benzene rings is 2. The largest absolute Gasteiger partial charge is 0.494 e. The van der Waals surface area contributed by atoms with Gasteiger partial charge in [0.1, 0.15) is 5.75 Å². The maximum atomic E-state index is 12.2. The highest BCUT2D eigenvalue weighted by Gasteiger charge is 2.07. The molecule has 2 aromatic carbocycles. The summed E-state index contributed by atoms with van der Waals surface area (Å²) in [6.45, 7) is 2.60. The average Bonchev–Trinajstić information content (AvgIpc) is 3.31. The highest BCUT2D eigenvalue weighted by Crippen LogP contribution is 2.24. The molecule has 7 heteroatoms. The van der Waals surface area contributed by atoms with Crippen LogP contribution >= 0.6 is 23.1 Å². The molecular formula is C21H19N3O2S2. The maximum absolute atomic E-state index is 12.2. The molecule has 0 unspecified atom stereocenters. The van der Waals surface area contributed by atoms with E-state index < -0.39 is 0 Å². The minimum absolute atomic E-state index is 0.0332. The summed E-state index contributed by atoms with van der Waals surface area (Å²) in [5.74, 6) is 1.16. The van der Waals surface area contributed by atoms with Crippen molar-refractivity contribution in [3.05, 3.63) is 66.3 Å². The highest BCUT2D eigenvalue weighted by atomic mass is 32.2. The molecule has 0 saturated heterocycles. The van der Waals surface area contributed by atoms with Gasteiger partial charge in [-0.05, 0) is 43.3 Å². The molecule has 1 amide bonds. The van der Waals surface area contributed by atoms with Gasteiger partial charge in [-0.1, -0.05) is 12.1 Å². The van der Waals surface area contributed by atoms with Gasteiger partial charge in [0.25, 0.3) is 0 Å². The number of aromatic nitrogens is 2. The van der Waals surface area contributed by atoms with Gasteiger partial charge >= 0.3 is 0 Å². The van der Waals surface area contributed by atoms with Crippen LogP contribution < -0.4 is 10.1 Å². The molecule has 1 N–H and O–H groups in total. The maximum Gasteiger partial charge on any atom is 0.234 e.